The summed E-state index contributed by atoms with van der Waals surface area (Å²) in [5.74, 6) is 0.647. The van der Waals surface area contributed by atoms with E-state index in [-0.39, 0.29) is 5.82 Å². The first-order valence-corrected chi connectivity index (χ1v) is 9.05. The van der Waals surface area contributed by atoms with Gasteiger partial charge in [0.25, 0.3) is 0 Å². The van der Waals surface area contributed by atoms with Crippen molar-refractivity contribution in [3.05, 3.63) is 64.9 Å². The van der Waals surface area contributed by atoms with E-state index in [1.165, 1.54) is 6.07 Å². The second kappa shape index (κ2) is 7.09. The van der Waals surface area contributed by atoms with Crippen molar-refractivity contribution in [3.8, 4) is 11.4 Å². The van der Waals surface area contributed by atoms with Crippen LogP contribution in [0.5, 0.6) is 0 Å². The molecule has 1 aliphatic carbocycles. The molecule has 1 aliphatic rings. The Morgan fingerprint density at radius 2 is 2.12 bits per heavy atom. The van der Waals surface area contributed by atoms with Gasteiger partial charge in [-0.05, 0) is 61.9 Å². The molecule has 0 saturated heterocycles. The summed E-state index contributed by atoms with van der Waals surface area (Å²) in [5.41, 5.74) is 1.89. The SMILES string of the molecule is CN(Cc1cccc(F)c1)Cn1nc(-c2cccnc2)n(C2CC2)c1=S. The van der Waals surface area contributed by atoms with Crippen LogP contribution in [-0.4, -0.2) is 31.3 Å². The van der Waals surface area contributed by atoms with Crippen molar-refractivity contribution in [2.24, 2.45) is 0 Å². The second-order valence-corrected chi connectivity index (χ2v) is 7.10. The molecule has 3 aromatic rings. The summed E-state index contributed by atoms with van der Waals surface area (Å²) in [6, 6.07) is 11.0. The van der Waals surface area contributed by atoms with Crippen molar-refractivity contribution in [3.63, 3.8) is 0 Å². The molecule has 0 radical (unpaired) electrons. The van der Waals surface area contributed by atoms with Crippen molar-refractivity contribution in [1.82, 2.24) is 24.2 Å². The lowest BCUT2D eigenvalue weighted by Crippen LogP contribution is -2.22. The van der Waals surface area contributed by atoms with Gasteiger partial charge in [0.15, 0.2) is 10.6 Å². The van der Waals surface area contributed by atoms with Crippen molar-refractivity contribution in [1.29, 1.82) is 0 Å². The number of pyridine rings is 1. The van der Waals surface area contributed by atoms with Crippen LogP contribution in [0.2, 0.25) is 0 Å². The van der Waals surface area contributed by atoms with Crippen molar-refractivity contribution >= 4 is 12.2 Å². The maximum atomic E-state index is 13.4. The zero-order valence-electron chi connectivity index (χ0n) is 14.5. The van der Waals surface area contributed by atoms with E-state index < -0.39 is 0 Å². The molecule has 2 aromatic heterocycles. The highest BCUT2D eigenvalue weighted by molar-refractivity contribution is 7.71. The topological polar surface area (TPSA) is 38.9 Å². The third-order valence-electron chi connectivity index (χ3n) is 4.42. The molecule has 0 spiro atoms. The fraction of sp³-hybridized carbons (Fsp3) is 0.316. The average molecular weight is 369 g/mol. The fourth-order valence-electron chi connectivity index (χ4n) is 3.09. The quantitative estimate of drug-likeness (QED) is 0.615. The zero-order chi connectivity index (χ0) is 18.1. The molecule has 0 bridgehead atoms. The van der Waals surface area contributed by atoms with Gasteiger partial charge in [-0.1, -0.05) is 12.1 Å². The van der Waals surface area contributed by atoms with Crippen LogP contribution in [0.15, 0.2) is 48.8 Å². The standard InChI is InChI=1S/C19H20FN5S/c1-23(12-14-4-2-6-16(20)10-14)13-24-19(26)25(17-7-8-17)18(22-24)15-5-3-9-21-11-15/h2-6,9-11,17H,7-8,12-13H2,1H3. The highest BCUT2D eigenvalue weighted by Crippen LogP contribution is 2.38. The van der Waals surface area contributed by atoms with Crippen LogP contribution in [0.4, 0.5) is 4.39 Å². The summed E-state index contributed by atoms with van der Waals surface area (Å²) in [7, 11) is 1.98. The highest BCUT2D eigenvalue weighted by Gasteiger charge is 2.29. The first-order valence-electron chi connectivity index (χ1n) is 8.64. The molecule has 0 N–H and O–H groups in total. The molecular weight excluding hydrogens is 349 g/mol. The normalized spacial score (nSPS) is 14.1. The first kappa shape index (κ1) is 17.1. The van der Waals surface area contributed by atoms with Crippen molar-refractivity contribution in [2.75, 3.05) is 7.05 Å². The third kappa shape index (κ3) is 3.59. The van der Waals surface area contributed by atoms with Crippen LogP contribution in [-0.2, 0) is 13.2 Å². The number of benzene rings is 1. The van der Waals surface area contributed by atoms with Crippen LogP contribution in [0.1, 0.15) is 24.4 Å². The van der Waals surface area contributed by atoms with Crippen LogP contribution < -0.4 is 0 Å². The largest absolute Gasteiger partial charge is 0.297 e. The van der Waals surface area contributed by atoms with Gasteiger partial charge in [-0.3, -0.25) is 14.5 Å². The molecular formula is C19H20FN5S. The molecule has 1 aromatic carbocycles. The maximum Gasteiger partial charge on any atom is 0.199 e. The van der Waals surface area contributed by atoms with Gasteiger partial charge < -0.3 is 0 Å². The Morgan fingerprint density at radius 3 is 2.81 bits per heavy atom. The minimum Gasteiger partial charge on any atom is -0.297 e. The fourth-order valence-corrected chi connectivity index (χ4v) is 3.43. The molecule has 4 rings (SSSR count). The summed E-state index contributed by atoms with van der Waals surface area (Å²) in [6.07, 6.45) is 5.83. The van der Waals surface area contributed by atoms with Gasteiger partial charge in [0, 0.05) is 30.5 Å². The minimum atomic E-state index is -0.218. The lowest BCUT2D eigenvalue weighted by atomic mass is 10.2. The van der Waals surface area contributed by atoms with E-state index >= 15 is 0 Å². The van der Waals surface area contributed by atoms with E-state index in [1.807, 2.05) is 36.1 Å². The number of halogens is 1. The Balaban J connectivity index is 1.60. The second-order valence-electron chi connectivity index (χ2n) is 6.73. The lowest BCUT2D eigenvalue weighted by Gasteiger charge is -2.16. The summed E-state index contributed by atoms with van der Waals surface area (Å²) in [5, 5.41) is 4.76. The summed E-state index contributed by atoms with van der Waals surface area (Å²) < 4.78 is 18.1. The van der Waals surface area contributed by atoms with Gasteiger partial charge in [-0.2, -0.15) is 5.10 Å². The van der Waals surface area contributed by atoms with Gasteiger partial charge in [0.05, 0.1) is 6.67 Å². The summed E-state index contributed by atoms with van der Waals surface area (Å²) >= 11 is 5.69. The lowest BCUT2D eigenvalue weighted by molar-refractivity contribution is 0.243. The minimum absolute atomic E-state index is 0.218. The Labute approximate surface area is 156 Å². The molecule has 134 valence electrons. The van der Waals surface area contributed by atoms with Gasteiger partial charge in [0.1, 0.15) is 5.82 Å². The number of nitrogens with zero attached hydrogens (tertiary/aromatic N) is 5. The maximum absolute atomic E-state index is 13.4. The number of hydrogen-bond donors (Lipinski definition) is 0. The molecule has 1 fully saturated rings. The molecule has 26 heavy (non-hydrogen) atoms. The zero-order valence-corrected chi connectivity index (χ0v) is 15.4. The van der Waals surface area contributed by atoms with Crippen LogP contribution in [0, 0.1) is 10.6 Å². The molecule has 7 heteroatoms. The first-order chi connectivity index (χ1) is 12.6. The van der Waals surface area contributed by atoms with E-state index in [9.17, 15) is 4.39 Å². The van der Waals surface area contributed by atoms with E-state index in [0.717, 1.165) is 34.6 Å². The molecule has 1 saturated carbocycles. The molecule has 0 amide bonds. The van der Waals surface area contributed by atoms with Crippen LogP contribution in [0.3, 0.4) is 0 Å². The predicted molar refractivity (Wildman–Crippen MR) is 100 cm³/mol. The van der Waals surface area contributed by atoms with Gasteiger partial charge in [-0.25, -0.2) is 9.07 Å². The van der Waals surface area contributed by atoms with Crippen molar-refractivity contribution < 1.29 is 4.39 Å². The summed E-state index contributed by atoms with van der Waals surface area (Å²) in [4.78, 5) is 6.27. The van der Waals surface area contributed by atoms with Gasteiger partial charge >= 0.3 is 0 Å². The van der Waals surface area contributed by atoms with Gasteiger partial charge in [-0.15, -0.1) is 0 Å². The molecule has 2 heterocycles. The van der Waals surface area contributed by atoms with Gasteiger partial charge in [0.2, 0.25) is 0 Å². The monoisotopic (exact) mass is 369 g/mol. The van der Waals surface area contributed by atoms with E-state index in [1.54, 1.807) is 18.3 Å². The molecule has 0 aliphatic heterocycles. The number of hydrogen-bond acceptors (Lipinski definition) is 4. The predicted octanol–water partition coefficient (Wildman–Crippen LogP) is 4.04. The van der Waals surface area contributed by atoms with Crippen molar-refractivity contribution in [2.45, 2.75) is 32.1 Å². The third-order valence-corrected chi connectivity index (χ3v) is 4.83. The van der Waals surface area contributed by atoms with Crippen LogP contribution in [0.25, 0.3) is 11.4 Å². The molecule has 0 atom stereocenters. The Bertz CT molecular complexity index is 962. The Morgan fingerprint density at radius 1 is 1.27 bits per heavy atom. The Kier molecular flexibility index (Phi) is 4.65. The van der Waals surface area contributed by atoms with E-state index in [4.69, 9.17) is 17.3 Å². The van der Waals surface area contributed by atoms with E-state index in [0.29, 0.717) is 19.3 Å². The smallest absolute Gasteiger partial charge is 0.199 e. The molecule has 0 unspecified atom stereocenters. The Hall–Kier alpha value is -2.38. The summed E-state index contributed by atoms with van der Waals surface area (Å²) in [6.45, 7) is 1.17. The van der Waals surface area contributed by atoms with Crippen LogP contribution >= 0.6 is 12.2 Å². The average Bonchev–Trinajstić information content (AvgIpc) is 3.41. The number of rotatable bonds is 6. The van der Waals surface area contributed by atoms with E-state index in [2.05, 4.69) is 14.5 Å². The number of aromatic nitrogens is 4. The molecule has 5 nitrogen and oxygen atoms in total. The highest BCUT2D eigenvalue weighted by atomic mass is 32.1.